The molecule has 0 bridgehead atoms. The van der Waals surface area contributed by atoms with E-state index >= 15 is 0 Å². The zero-order valence-electron chi connectivity index (χ0n) is 9.91. The molecule has 0 aromatic carbocycles. The summed E-state index contributed by atoms with van der Waals surface area (Å²) >= 11 is 1.23. The first-order chi connectivity index (χ1) is 8.22. The molecule has 0 aliphatic carbocycles. The molecule has 0 saturated heterocycles. The Morgan fingerprint density at radius 1 is 1.44 bits per heavy atom. The van der Waals surface area contributed by atoms with E-state index in [9.17, 15) is 5.11 Å². The number of nitrogens with zero attached hydrogens (tertiary/aromatic N) is 4. The average molecular weight is 266 g/mol. The van der Waals surface area contributed by atoms with Gasteiger partial charge in [0.05, 0.1) is 5.69 Å². The molecule has 7 heteroatoms. The van der Waals surface area contributed by atoms with E-state index in [0.717, 1.165) is 16.1 Å². The third-order valence-corrected chi connectivity index (χ3v) is 3.04. The first-order valence-corrected chi connectivity index (χ1v) is 5.56. The zero-order chi connectivity index (χ0) is 12.3. The van der Waals surface area contributed by atoms with Gasteiger partial charge >= 0.3 is 29.6 Å². The molecule has 0 amide bonds. The van der Waals surface area contributed by atoms with Crippen LogP contribution >= 0.6 is 11.3 Å². The van der Waals surface area contributed by atoms with Crippen LogP contribution in [0.1, 0.15) is 9.88 Å². The van der Waals surface area contributed by atoms with E-state index in [2.05, 4.69) is 15.0 Å². The Morgan fingerprint density at radius 2 is 2.11 bits per heavy atom. The molecule has 0 N–H and O–H groups in total. The standard InChI is InChI=1S/C11H8N4OS.Na/c1-7-9(8-2-4-13-5-3-8)15-11(17-7)10(16)14-6-12;/h2-5H,1H3,(H,14,16);/q;+1/p-1. The second kappa shape index (κ2) is 6.61. The van der Waals surface area contributed by atoms with Crippen molar-refractivity contribution in [2.75, 3.05) is 0 Å². The fraction of sp³-hybridized carbons (Fsp3) is 0.0909. The Bertz CT molecular complexity index is 603. The molecule has 0 aliphatic heterocycles. The van der Waals surface area contributed by atoms with Gasteiger partial charge < -0.3 is 5.11 Å². The van der Waals surface area contributed by atoms with Crippen molar-refractivity contribution in [1.82, 2.24) is 9.97 Å². The summed E-state index contributed by atoms with van der Waals surface area (Å²) in [6.45, 7) is 1.87. The van der Waals surface area contributed by atoms with Gasteiger partial charge in [0.1, 0.15) is 5.01 Å². The second-order valence-corrected chi connectivity index (χ2v) is 4.38. The van der Waals surface area contributed by atoms with Gasteiger partial charge in [-0.3, -0.25) is 4.98 Å². The maximum Gasteiger partial charge on any atom is 1.00 e. The third-order valence-electron chi connectivity index (χ3n) is 2.08. The minimum Gasteiger partial charge on any atom is -0.856 e. The van der Waals surface area contributed by atoms with E-state index in [4.69, 9.17) is 5.26 Å². The quantitative estimate of drug-likeness (QED) is 0.275. The monoisotopic (exact) mass is 266 g/mol. The molecule has 18 heavy (non-hydrogen) atoms. The first kappa shape index (κ1) is 14.8. The number of rotatable bonds is 2. The van der Waals surface area contributed by atoms with Gasteiger partial charge in [-0.15, -0.1) is 11.3 Å². The number of aliphatic imine (C=N–C) groups is 1. The zero-order valence-corrected chi connectivity index (χ0v) is 12.7. The molecule has 2 rings (SSSR count). The molecule has 0 atom stereocenters. The van der Waals surface area contributed by atoms with E-state index in [1.165, 1.54) is 17.5 Å². The molecule has 0 fully saturated rings. The molecule has 0 radical (unpaired) electrons. The van der Waals surface area contributed by atoms with Crippen molar-refractivity contribution in [3.63, 3.8) is 0 Å². The van der Waals surface area contributed by atoms with Crippen LogP contribution in [-0.2, 0) is 0 Å². The largest absolute Gasteiger partial charge is 1.00 e. The molecular formula is C11H7N4NaOS. The van der Waals surface area contributed by atoms with Crippen LogP contribution in [0.2, 0.25) is 0 Å². The Kier molecular flexibility index (Phi) is 5.44. The molecule has 0 spiro atoms. The average Bonchev–Trinajstić information content (AvgIpc) is 2.73. The molecule has 2 aromatic rings. The van der Waals surface area contributed by atoms with Crippen molar-refractivity contribution in [3.8, 4) is 17.5 Å². The Morgan fingerprint density at radius 3 is 2.72 bits per heavy atom. The summed E-state index contributed by atoms with van der Waals surface area (Å²) in [5, 5.41) is 19.9. The van der Waals surface area contributed by atoms with Gasteiger partial charge in [0.2, 0.25) is 6.19 Å². The number of nitriles is 1. The summed E-state index contributed by atoms with van der Waals surface area (Å²) in [5.74, 6) is -0.596. The van der Waals surface area contributed by atoms with Gasteiger partial charge in [-0.25, -0.2) is 4.98 Å². The molecule has 2 heterocycles. The number of thiazole rings is 1. The SMILES string of the molecule is Cc1sc(C([O-])=NC#N)nc1-c1ccncc1.[Na+]. The molecular weight excluding hydrogens is 259 g/mol. The van der Waals surface area contributed by atoms with Crippen LogP contribution in [0, 0.1) is 18.4 Å². The van der Waals surface area contributed by atoms with E-state index < -0.39 is 5.90 Å². The molecule has 0 saturated carbocycles. The van der Waals surface area contributed by atoms with Crippen LogP contribution < -0.4 is 34.7 Å². The minimum atomic E-state index is -0.596. The number of pyridine rings is 1. The van der Waals surface area contributed by atoms with Crippen LogP contribution in [0.25, 0.3) is 11.3 Å². The predicted molar refractivity (Wildman–Crippen MR) is 62.2 cm³/mol. The van der Waals surface area contributed by atoms with Gasteiger partial charge in [-0.05, 0) is 19.1 Å². The fourth-order valence-corrected chi connectivity index (χ4v) is 2.18. The van der Waals surface area contributed by atoms with Crippen LogP contribution in [0.4, 0.5) is 0 Å². The Balaban J connectivity index is 0.00000162. The van der Waals surface area contributed by atoms with E-state index in [1.807, 2.05) is 19.1 Å². The molecule has 0 unspecified atom stereocenters. The maximum atomic E-state index is 11.4. The molecule has 84 valence electrons. The maximum absolute atomic E-state index is 11.4. The minimum absolute atomic E-state index is 0. The van der Waals surface area contributed by atoms with Crippen molar-refractivity contribution in [2.24, 2.45) is 4.99 Å². The van der Waals surface area contributed by atoms with Crippen molar-refractivity contribution in [1.29, 1.82) is 5.26 Å². The van der Waals surface area contributed by atoms with Crippen LogP contribution in [0.3, 0.4) is 0 Å². The number of hydrogen-bond donors (Lipinski definition) is 0. The molecule has 0 aliphatic rings. The summed E-state index contributed by atoms with van der Waals surface area (Å²) in [4.78, 5) is 12.2. The second-order valence-electron chi connectivity index (χ2n) is 3.18. The summed E-state index contributed by atoms with van der Waals surface area (Å²) < 4.78 is 0. The van der Waals surface area contributed by atoms with Crippen LogP contribution in [0.15, 0.2) is 29.5 Å². The van der Waals surface area contributed by atoms with Crippen LogP contribution in [0.5, 0.6) is 0 Å². The summed E-state index contributed by atoms with van der Waals surface area (Å²) in [6, 6.07) is 3.63. The van der Waals surface area contributed by atoms with Gasteiger partial charge in [-0.2, -0.15) is 10.3 Å². The summed E-state index contributed by atoms with van der Waals surface area (Å²) in [6.07, 6.45) is 4.79. The van der Waals surface area contributed by atoms with Crippen molar-refractivity contribution in [2.45, 2.75) is 6.92 Å². The van der Waals surface area contributed by atoms with Crippen molar-refractivity contribution < 1.29 is 34.7 Å². The number of aryl methyl sites for hydroxylation is 1. The molecule has 2 aromatic heterocycles. The van der Waals surface area contributed by atoms with Crippen LogP contribution in [-0.4, -0.2) is 15.9 Å². The Labute approximate surface area is 130 Å². The normalized spacial score (nSPS) is 10.6. The summed E-state index contributed by atoms with van der Waals surface area (Å²) in [5.41, 5.74) is 1.62. The Hall–Kier alpha value is -1.26. The van der Waals surface area contributed by atoms with Crippen molar-refractivity contribution in [3.05, 3.63) is 34.4 Å². The predicted octanol–water partition coefficient (Wildman–Crippen LogP) is -1.89. The smallest absolute Gasteiger partial charge is 0.856 e. The van der Waals surface area contributed by atoms with E-state index in [0.29, 0.717) is 0 Å². The van der Waals surface area contributed by atoms with Gasteiger partial charge in [0.25, 0.3) is 0 Å². The van der Waals surface area contributed by atoms with Gasteiger partial charge in [0.15, 0.2) is 0 Å². The first-order valence-electron chi connectivity index (χ1n) is 4.74. The number of aromatic nitrogens is 2. The fourth-order valence-electron chi connectivity index (χ4n) is 1.36. The third kappa shape index (κ3) is 3.15. The van der Waals surface area contributed by atoms with Crippen molar-refractivity contribution >= 4 is 17.2 Å². The van der Waals surface area contributed by atoms with Gasteiger partial charge in [0, 0.05) is 28.7 Å². The van der Waals surface area contributed by atoms with E-state index in [1.54, 1.807) is 12.4 Å². The molecule has 5 nitrogen and oxygen atoms in total. The van der Waals surface area contributed by atoms with E-state index in [-0.39, 0.29) is 34.6 Å². The summed E-state index contributed by atoms with van der Waals surface area (Å²) in [7, 11) is 0. The number of hydrogen-bond acceptors (Lipinski definition) is 6. The van der Waals surface area contributed by atoms with Gasteiger partial charge in [-0.1, -0.05) is 0 Å². The topological polar surface area (TPSA) is 85.0 Å².